The van der Waals surface area contributed by atoms with Crippen LogP contribution in [0.5, 0.6) is 0 Å². The van der Waals surface area contributed by atoms with E-state index in [2.05, 4.69) is 48.5 Å². The average molecular weight is 177 g/mol. The van der Waals surface area contributed by atoms with E-state index in [0.29, 0.717) is 0 Å². The second-order valence-electron chi connectivity index (χ2n) is 4.75. The van der Waals surface area contributed by atoms with Crippen molar-refractivity contribution in [2.24, 2.45) is 5.41 Å². The summed E-state index contributed by atoms with van der Waals surface area (Å²) >= 11 is 0. The predicted octanol–water partition coefficient (Wildman–Crippen LogP) is 4.29. The summed E-state index contributed by atoms with van der Waals surface area (Å²) in [5.41, 5.74) is 6.26. The molecule has 0 aromatic carbocycles. The molecule has 0 heterocycles. The predicted molar refractivity (Wildman–Crippen MR) is 59.4 cm³/mol. The Morgan fingerprint density at radius 2 is 1.15 bits per heavy atom. The number of rotatable bonds is 0. The van der Waals surface area contributed by atoms with Gasteiger partial charge in [0, 0.05) is 31.9 Å². The Bertz CT molecular complexity index is 259. The van der Waals surface area contributed by atoms with Crippen LogP contribution >= 0.6 is 0 Å². The van der Waals surface area contributed by atoms with E-state index in [1.807, 2.05) is 0 Å². The van der Waals surface area contributed by atoms with Crippen molar-refractivity contribution in [3.8, 4) is 0 Å². The molecule has 1 aliphatic rings. The highest BCUT2D eigenvalue weighted by Gasteiger charge is 2.40. The molecule has 0 nitrogen and oxygen atoms in total. The normalized spacial score (nSPS) is 22.8. The monoisotopic (exact) mass is 177 g/mol. The van der Waals surface area contributed by atoms with Gasteiger partial charge in [0.05, 0.1) is 22.5 Å². The Kier molecular flexibility index (Phi) is 2.36. The van der Waals surface area contributed by atoms with E-state index in [-0.39, 0.29) is 5.41 Å². The molecule has 0 aromatic rings. The van der Waals surface area contributed by atoms with Gasteiger partial charge in [-0.25, -0.2) is 0 Å². The fraction of sp³-hybridized carbons (Fsp3) is 0.615. The second-order valence-corrected chi connectivity index (χ2v) is 4.75. The van der Waals surface area contributed by atoms with E-state index < -0.39 is 0 Å². The molecule has 1 aliphatic carbocycles. The van der Waals surface area contributed by atoms with Gasteiger partial charge in [0.2, 0.25) is 0 Å². The summed E-state index contributed by atoms with van der Waals surface area (Å²) in [7, 11) is 0. The van der Waals surface area contributed by atoms with Crippen LogP contribution in [0.1, 0.15) is 48.5 Å². The van der Waals surface area contributed by atoms with Crippen molar-refractivity contribution in [3.05, 3.63) is 28.2 Å². The van der Waals surface area contributed by atoms with Gasteiger partial charge in [-0.3, -0.25) is 0 Å². The molecular formula is C13H21+. The lowest BCUT2D eigenvalue weighted by Gasteiger charge is -2.29. The fourth-order valence-electron chi connectivity index (χ4n) is 2.06. The van der Waals surface area contributed by atoms with Crippen LogP contribution in [0.2, 0.25) is 0 Å². The van der Waals surface area contributed by atoms with Crippen molar-refractivity contribution in [2.75, 3.05) is 0 Å². The number of hydrogen-bond donors (Lipinski definition) is 0. The SMILES string of the molecule is CC1=C(C)C(C)(C)C(C)=C(C)[C+]1C. The summed E-state index contributed by atoms with van der Waals surface area (Å²) < 4.78 is 0. The van der Waals surface area contributed by atoms with Gasteiger partial charge >= 0.3 is 0 Å². The highest BCUT2D eigenvalue weighted by molar-refractivity contribution is 5.51. The number of allylic oxidation sites excluding steroid dienone is 4. The first-order valence-corrected chi connectivity index (χ1v) is 5.00. The molecule has 0 saturated heterocycles. The summed E-state index contributed by atoms with van der Waals surface area (Å²) in [5.74, 6) is 1.47. The topological polar surface area (TPSA) is 0 Å². The minimum atomic E-state index is 0.258. The lowest BCUT2D eigenvalue weighted by molar-refractivity contribution is 0.514. The van der Waals surface area contributed by atoms with Crippen LogP contribution in [0.15, 0.2) is 22.3 Å². The van der Waals surface area contributed by atoms with Crippen molar-refractivity contribution in [1.29, 1.82) is 0 Å². The van der Waals surface area contributed by atoms with Gasteiger partial charge in [0.1, 0.15) is 0 Å². The number of hydrogen-bond acceptors (Lipinski definition) is 0. The maximum absolute atomic E-state index is 2.32. The maximum Gasteiger partial charge on any atom is 0.0931 e. The van der Waals surface area contributed by atoms with Crippen LogP contribution in [0.3, 0.4) is 0 Å². The van der Waals surface area contributed by atoms with Crippen LogP contribution in [0.25, 0.3) is 0 Å². The first-order chi connectivity index (χ1) is 5.80. The standard InChI is InChI=1S/C13H21/c1-8-9(2)11(4)13(6,7)12(5)10(8)3/h1-7H3/q+1. The largest absolute Gasteiger partial charge is 0.0931 e. The van der Waals surface area contributed by atoms with E-state index in [9.17, 15) is 0 Å². The lowest BCUT2D eigenvalue weighted by atomic mass is 9.67. The van der Waals surface area contributed by atoms with E-state index in [1.165, 1.54) is 28.2 Å². The van der Waals surface area contributed by atoms with Crippen molar-refractivity contribution in [2.45, 2.75) is 48.5 Å². The Hall–Kier alpha value is -0.650. The Morgan fingerprint density at radius 1 is 0.846 bits per heavy atom. The molecule has 0 amide bonds. The third-order valence-corrected chi connectivity index (χ3v) is 4.12. The molecule has 0 saturated carbocycles. The zero-order chi connectivity index (χ0) is 10.4. The Morgan fingerprint density at radius 3 is 1.46 bits per heavy atom. The zero-order valence-corrected chi connectivity index (χ0v) is 10.0. The third kappa shape index (κ3) is 1.33. The molecule has 0 spiro atoms. The van der Waals surface area contributed by atoms with Gasteiger partial charge < -0.3 is 0 Å². The van der Waals surface area contributed by atoms with E-state index in [1.54, 1.807) is 0 Å². The van der Waals surface area contributed by atoms with E-state index in [4.69, 9.17) is 0 Å². The third-order valence-electron chi connectivity index (χ3n) is 4.12. The van der Waals surface area contributed by atoms with Crippen molar-refractivity contribution < 1.29 is 0 Å². The molecule has 13 heavy (non-hydrogen) atoms. The minimum absolute atomic E-state index is 0.258. The molecule has 0 N–H and O–H groups in total. The van der Waals surface area contributed by atoms with Gasteiger partial charge in [-0.2, -0.15) is 0 Å². The van der Waals surface area contributed by atoms with Crippen molar-refractivity contribution in [3.63, 3.8) is 0 Å². The average Bonchev–Trinajstić information content (AvgIpc) is 2.09. The van der Waals surface area contributed by atoms with E-state index >= 15 is 0 Å². The molecule has 0 radical (unpaired) electrons. The summed E-state index contributed by atoms with van der Waals surface area (Å²) in [6.45, 7) is 15.9. The highest BCUT2D eigenvalue weighted by Crippen LogP contribution is 2.46. The smallest absolute Gasteiger partial charge is 0.0286 e. The lowest BCUT2D eigenvalue weighted by Crippen LogP contribution is -2.24. The molecule has 0 atom stereocenters. The second kappa shape index (κ2) is 2.94. The van der Waals surface area contributed by atoms with Gasteiger partial charge in [0.15, 0.2) is 0 Å². The molecule has 0 bridgehead atoms. The molecule has 0 aromatic heterocycles. The molecule has 0 unspecified atom stereocenters. The maximum atomic E-state index is 2.32. The fourth-order valence-corrected chi connectivity index (χ4v) is 2.06. The van der Waals surface area contributed by atoms with Gasteiger partial charge in [-0.1, -0.05) is 0 Å². The first-order valence-electron chi connectivity index (χ1n) is 5.00. The summed E-state index contributed by atoms with van der Waals surface area (Å²) in [6.07, 6.45) is 0. The quantitative estimate of drug-likeness (QED) is 0.484. The van der Waals surface area contributed by atoms with Crippen LogP contribution < -0.4 is 0 Å². The zero-order valence-electron chi connectivity index (χ0n) is 10.0. The molecular weight excluding hydrogens is 156 g/mol. The molecule has 1 rings (SSSR count). The highest BCUT2D eigenvalue weighted by atomic mass is 14.4. The Balaban J connectivity index is 3.30. The summed E-state index contributed by atoms with van der Waals surface area (Å²) in [4.78, 5) is 0. The van der Waals surface area contributed by atoms with Crippen molar-refractivity contribution in [1.82, 2.24) is 0 Å². The molecule has 0 aliphatic heterocycles. The van der Waals surface area contributed by atoms with Gasteiger partial charge in [-0.15, -0.1) is 0 Å². The summed E-state index contributed by atoms with van der Waals surface area (Å²) in [6, 6.07) is 0. The van der Waals surface area contributed by atoms with Crippen LogP contribution in [0.4, 0.5) is 0 Å². The van der Waals surface area contributed by atoms with Gasteiger partial charge in [0.25, 0.3) is 0 Å². The van der Waals surface area contributed by atoms with Crippen LogP contribution in [-0.4, -0.2) is 0 Å². The molecule has 0 fully saturated rings. The van der Waals surface area contributed by atoms with Crippen molar-refractivity contribution >= 4 is 0 Å². The van der Waals surface area contributed by atoms with Crippen LogP contribution in [0, 0.1) is 11.3 Å². The van der Waals surface area contributed by atoms with Gasteiger partial charge in [-0.05, 0) is 27.7 Å². The summed E-state index contributed by atoms with van der Waals surface area (Å²) in [5, 5.41) is 0. The molecule has 0 heteroatoms. The van der Waals surface area contributed by atoms with Crippen LogP contribution in [-0.2, 0) is 0 Å². The molecule has 72 valence electrons. The van der Waals surface area contributed by atoms with E-state index in [0.717, 1.165) is 0 Å². The minimum Gasteiger partial charge on any atom is -0.0286 e. The Labute approximate surface area is 82.7 Å². The first kappa shape index (κ1) is 10.4.